The number of aromatic nitrogens is 2. The Kier molecular flexibility index (Phi) is 4.00. The van der Waals surface area contributed by atoms with E-state index < -0.39 is 5.92 Å². The molecular formula is C16H13Cl2F2N2. The van der Waals surface area contributed by atoms with E-state index in [-0.39, 0.29) is 12.8 Å². The summed E-state index contributed by atoms with van der Waals surface area (Å²) in [6, 6.07) is 5.20. The molecule has 1 radical (unpaired) electrons. The third-order valence-electron chi connectivity index (χ3n) is 3.70. The topological polar surface area (TPSA) is 17.8 Å². The summed E-state index contributed by atoms with van der Waals surface area (Å²) in [5.41, 5.74) is 2.59. The molecule has 2 nitrogen and oxygen atoms in total. The summed E-state index contributed by atoms with van der Waals surface area (Å²) >= 11 is 12.1. The number of alkyl halides is 2. The summed E-state index contributed by atoms with van der Waals surface area (Å²) in [4.78, 5) is 0. The minimum atomic E-state index is -2.75. The molecule has 1 heterocycles. The van der Waals surface area contributed by atoms with Crippen molar-refractivity contribution >= 4 is 28.8 Å². The number of rotatable bonds is 2. The molecule has 0 atom stereocenters. The molecule has 1 aliphatic carbocycles. The van der Waals surface area contributed by atoms with Crippen LogP contribution in [0.25, 0.3) is 5.57 Å². The average molecular weight is 342 g/mol. The van der Waals surface area contributed by atoms with Gasteiger partial charge in [0.1, 0.15) is 0 Å². The van der Waals surface area contributed by atoms with Crippen molar-refractivity contribution in [1.29, 1.82) is 0 Å². The molecule has 2 aromatic rings. The quantitative estimate of drug-likeness (QED) is 0.748. The van der Waals surface area contributed by atoms with Crippen LogP contribution in [0.4, 0.5) is 8.78 Å². The lowest BCUT2D eigenvalue weighted by Crippen LogP contribution is -2.26. The van der Waals surface area contributed by atoms with E-state index in [0.29, 0.717) is 33.4 Å². The van der Waals surface area contributed by atoms with Crippen LogP contribution in [0.1, 0.15) is 23.2 Å². The van der Waals surface area contributed by atoms with E-state index in [1.807, 2.05) is 6.07 Å². The molecule has 6 heteroatoms. The van der Waals surface area contributed by atoms with Crippen LogP contribution in [0.2, 0.25) is 10.0 Å². The maximum Gasteiger partial charge on any atom is 0.256 e. The summed E-state index contributed by atoms with van der Waals surface area (Å²) in [7, 11) is 0. The first-order chi connectivity index (χ1) is 10.4. The Bertz CT molecular complexity index is 751. The van der Waals surface area contributed by atoms with Crippen molar-refractivity contribution in [3.05, 3.63) is 64.3 Å². The van der Waals surface area contributed by atoms with Crippen LogP contribution < -0.4 is 0 Å². The summed E-state index contributed by atoms with van der Waals surface area (Å²) in [5.74, 6) is -2.75. The van der Waals surface area contributed by atoms with Crippen LogP contribution in [0.5, 0.6) is 0 Å². The molecule has 0 spiro atoms. The van der Waals surface area contributed by atoms with E-state index in [9.17, 15) is 8.78 Å². The normalized spacial score (nSPS) is 18.5. The van der Waals surface area contributed by atoms with Gasteiger partial charge in [-0.15, -0.1) is 0 Å². The third kappa shape index (κ3) is 2.90. The van der Waals surface area contributed by atoms with Crippen molar-refractivity contribution < 1.29 is 8.78 Å². The Morgan fingerprint density at radius 3 is 2.77 bits per heavy atom. The number of nitrogens with zero attached hydrogens (tertiary/aromatic N) is 2. The molecule has 1 aromatic carbocycles. The van der Waals surface area contributed by atoms with Crippen molar-refractivity contribution in [2.45, 2.75) is 25.3 Å². The van der Waals surface area contributed by atoms with Gasteiger partial charge in [0, 0.05) is 28.5 Å². The van der Waals surface area contributed by atoms with Crippen molar-refractivity contribution in [3.8, 4) is 0 Å². The lowest BCUT2D eigenvalue weighted by atomic mass is 9.90. The number of hydrogen-bond donors (Lipinski definition) is 0. The number of fused-ring (bicyclic) bond motifs is 1. The minimum Gasteiger partial charge on any atom is -0.260 e. The lowest BCUT2D eigenvalue weighted by Gasteiger charge is -2.25. The molecular weight excluding hydrogens is 329 g/mol. The molecule has 22 heavy (non-hydrogen) atoms. The molecule has 1 aromatic heterocycles. The first-order valence-electron chi connectivity index (χ1n) is 6.75. The molecule has 0 fully saturated rings. The fourth-order valence-electron chi connectivity index (χ4n) is 2.73. The Morgan fingerprint density at radius 2 is 2.09 bits per heavy atom. The zero-order valence-corrected chi connectivity index (χ0v) is 13.1. The van der Waals surface area contributed by atoms with Crippen molar-refractivity contribution in [1.82, 2.24) is 9.78 Å². The zero-order chi connectivity index (χ0) is 15.9. The van der Waals surface area contributed by atoms with Gasteiger partial charge in [-0.05, 0) is 30.2 Å². The zero-order valence-electron chi connectivity index (χ0n) is 11.6. The van der Waals surface area contributed by atoms with Gasteiger partial charge in [0.25, 0.3) is 5.92 Å². The van der Waals surface area contributed by atoms with Crippen LogP contribution in [0.3, 0.4) is 0 Å². The lowest BCUT2D eigenvalue weighted by molar-refractivity contribution is 0.00423. The van der Waals surface area contributed by atoms with Gasteiger partial charge in [-0.25, -0.2) is 8.78 Å². The highest BCUT2D eigenvalue weighted by molar-refractivity contribution is 6.35. The summed E-state index contributed by atoms with van der Waals surface area (Å²) < 4.78 is 29.1. The second-order valence-corrected chi connectivity index (χ2v) is 6.19. The highest BCUT2D eigenvalue weighted by Crippen LogP contribution is 2.40. The monoisotopic (exact) mass is 341 g/mol. The van der Waals surface area contributed by atoms with Gasteiger partial charge in [-0.1, -0.05) is 35.3 Å². The molecule has 0 saturated carbocycles. The smallest absolute Gasteiger partial charge is 0.256 e. The number of benzene rings is 1. The maximum atomic E-state index is 13.7. The highest BCUT2D eigenvalue weighted by atomic mass is 35.5. The molecule has 0 bridgehead atoms. The first-order valence-corrected chi connectivity index (χ1v) is 7.50. The molecule has 0 aliphatic heterocycles. The Hall–Kier alpha value is -1.39. The average Bonchev–Trinajstić information content (AvgIpc) is 2.82. The van der Waals surface area contributed by atoms with Gasteiger partial charge in [-0.3, -0.25) is 4.68 Å². The van der Waals surface area contributed by atoms with Crippen molar-refractivity contribution in [3.63, 3.8) is 0 Å². The van der Waals surface area contributed by atoms with E-state index in [0.717, 1.165) is 5.56 Å². The largest absolute Gasteiger partial charge is 0.260 e. The Balaban J connectivity index is 1.99. The molecule has 3 rings (SSSR count). The van der Waals surface area contributed by atoms with Crippen LogP contribution >= 0.6 is 23.2 Å². The predicted molar refractivity (Wildman–Crippen MR) is 84.4 cm³/mol. The second-order valence-electron chi connectivity index (χ2n) is 5.35. The minimum absolute atomic E-state index is 0.298. The van der Waals surface area contributed by atoms with Crippen LogP contribution in [-0.4, -0.2) is 15.7 Å². The number of hydrogen-bond acceptors (Lipinski definition) is 1. The SMILES string of the molecule is [CH2]/C=C1\CC(F)(F)Cc2cnn(Cc3ccc(Cl)cc3Cl)c21. The first kappa shape index (κ1) is 15.5. The standard InChI is InChI=1S/C16H13Cl2F2N2/c1-2-10-6-16(19,20)7-12-8-21-22(15(10)12)9-11-3-4-13(17)5-14(11)18/h2-5,8H,1,6-7,9H2/b10-2+. The van der Waals surface area contributed by atoms with Gasteiger partial charge in [-0.2, -0.15) is 5.10 Å². The Labute approximate surface area is 137 Å². The van der Waals surface area contributed by atoms with E-state index in [1.165, 1.54) is 12.3 Å². The fourth-order valence-corrected chi connectivity index (χ4v) is 3.20. The van der Waals surface area contributed by atoms with Crippen molar-refractivity contribution in [2.24, 2.45) is 0 Å². The molecule has 0 saturated heterocycles. The van der Waals surface area contributed by atoms with E-state index in [4.69, 9.17) is 23.2 Å². The van der Waals surface area contributed by atoms with Crippen molar-refractivity contribution in [2.75, 3.05) is 0 Å². The van der Waals surface area contributed by atoms with E-state index in [1.54, 1.807) is 16.8 Å². The summed E-state index contributed by atoms with van der Waals surface area (Å²) in [5, 5.41) is 5.32. The van der Waals surface area contributed by atoms with Gasteiger partial charge < -0.3 is 0 Å². The highest BCUT2D eigenvalue weighted by Gasteiger charge is 2.38. The second kappa shape index (κ2) is 5.67. The van der Waals surface area contributed by atoms with Crippen LogP contribution in [0.15, 0.2) is 30.5 Å². The van der Waals surface area contributed by atoms with Crippen LogP contribution in [0, 0.1) is 6.92 Å². The summed E-state index contributed by atoms with van der Waals surface area (Å²) in [6.07, 6.45) is 2.36. The van der Waals surface area contributed by atoms with Gasteiger partial charge in [0.05, 0.1) is 18.4 Å². The maximum absolute atomic E-state index is 13.7. The fraction of sp³-hybridized carbons (Fsp3) is 0.250. The van der Waals surface area contributed by atoms with Gasteiger partial charge in [0.15, 0.2) is 0 Å². The van der Waals surface area contributed by atoms with Gasteiger partial charge in [0.2, 0.25) is 0 Å². The molecule has 0 unspecified atom stereocenters. The van der Waals surface area contributed by atoms with E-state index in [2.05, 4.69) is 12.0 Å². The van der Waals surface area contributed by atoms with E-state index >= 15 is 0 Å². The predicted octanol–water partition coefficient (Wildman–Crippen LogP) is 5.04. The summed E-state index contributed by atoms with van der Waals surface area (Å²) in [6.45, 7) is 4.05. The number of allylic oxidation sites excluding steroid dienone is 2. The molecule has 0 amide bonds. The molecule has 115 valence electrons. The van der Waals surface area contributed by atoms with Crippen LogP contribution in [-0.2, 0) is 13.0 Å². The van der Waals surface area contributed by atoms with Gasteiger partial charge >= 0.3 is 0 Å². The molecule has 0 N–H and O–H groups in total. The Morgan fingerprint density at radius 1 is 1.32 bits per heavy atom. The number of halogens is 4. The third-order valence-corrected chi connectivity index (χ3v) is 4.29. The molecule has 1 aliphatic rings.